The summed E-state index contributed by atoms with van der Waals surface area (Å²) in [5, 5.41) is 8.62. The minimum Gasteiger partial charge on any atom is -0.548 e. The van der Waals surface area contributed by atoms with Crippen LogP contribution in [0.3, 0.4) is 0 Å². The van der Waals surface area contributed by atoms with Crippen LogP contribution in [0.4, 0.5) is 0 Å². The van der Waals surface area contributed by atoms with Gasteiger partial charge in [0.2, 0.25) is 0 Å². The van der Waals surface area contributed by atoms with E-state index in [9.17, 15) is 14.4 Å². The first-order valence-electron chi connectivity index (χ1n) is 9.80. The van der Waals surface area contributed by atoms with Gasteiger partial charge in [0.15, 0.2) is 0 Å². The Morgan fingerprint density at radius 3 is 1.78 bits per heavy atom. The molecule has 5 nitrogen and oxygen atoms in total. The van der Waals surface area contributed by atoms with Crippen molar-refractivity contribution in [3.8, 4) is 0 Å². The number of rotatable bonds is 11. The normalized spacial score (nSPS) is 9.30. The molecule has 0 aliphatic carbocycles. The fraction of sp³-hybridized carbons (Fsp3) is 0.810. The largest absolute Gasteiger partial charge is 0.548 e. The minimum atomic E-state index is -0.930. The van der Waals surface area contributed by atoms with Gasteiger partial charge in [-0.05, 0) is 18.8 Å². The van der Waals surface area contributed by atoms with E-state index in [1.54, 1.807) is 6.92 Å². The standard InChI is InChI=1S/C15H25O5.3C2H6.Sm/c1-11(16)6-5-7-13(17)9-15(3,4)10-20-12(2)8-14(18)19;3*1-2;/h5-10H2,1-4H3,(H,18,19);3*1-2H3;/q-1;;;;. The number of carbonyl (C=O) groups excluding carboxylic acids is 2. The van der Waals surface area contributed by atoms with Crippen LogP contribution in [0.2, 0.25) is 0 Å². The molecule has 0 atom stereocenters. The maximum absolute atomic E-state index is 11.8. The minimum absolute atomic E-state index is 0. The van der Waals surface area contributed by atoms with E-state index in [1.807, 2.05) is 55.4 Å². The van der Waals surface area contributed by atoms with Crippen LogP contribution in [-0.2, 0) is 19.1 Å². The van der Waals surface area contributed by atoms with Crippen molar-refractivity contribution in [3.63, 3.8) is 0 Å². The Morgan fingerprint density at radius 1 is 0.963 bits per heavy atom. The Kier molecular flexibility index (Phi) is 36.6. The summed E-state index contributed by atoms with van der Waals surface area (Å²) in [5.74, 6) is -0.726. The number of ether oxygens (including phenoxy) is 1. The molecule has 27 heavy (non-hydrogen) atoms. The maximum Gasteiger partial charge on any atom is 0.275 e. The maximum atomic E-state index is 11.8. The molecular formula is C21H43O5Sm-. The molecule has 0 aromatic heterocycles. The van der Waals surface area contributed by atoms with E-state index in [0.29, 0.717) is 38.4 Å². The average molecular weight is 526 g/mol. The molecule has 0 heterocycles. The van der Waals surface area contributed by atoms with E-state index in [0.717, 1.165) is 0 Å². The van der Waals surface area contributed by atoms with Gasteiger partial charge in [-0.25, -0.2) is 0 Å². The van der Waals surface area contributed by atoms with Crippen LogP contribution in [0.1, 0.15) is 101 Å². The van der Waals surface area contributed by atoms with Gasteiger partial charge >= 0.3 is 0 Å². The third-order valence-corrected chi connectivity index (χ3v) is 2.77. The van der Waals surface area contributed by atoms with Crippen LogP contribution in [0.25, 0.3) is 0 Å². The zero-order chi connectivity index (χ0) is 21.8. The molecule has 1 N–H and O–H groups in total. The summed E-state index contributed by atoms with van der Waals surface area (Å²) in [6, 6.07) is 0. The molecule has 0 bridgehead atoms. The van der Waals surface area contributed by atoms with Crippen LogP contribution in [0.5, 0.6) is 0 Å². The molecule has 0 aliphatic heterocycles. The Labute approximate surface area is 200 Å². The van der Waals surface area contributed by atoms with Crippen LogP contribution in [-0.4, -0.2) is 29.2 Å². The zero-order valence-electron chi connectivity index (χ0n) is 19.2. The summed E-state index contributed by atoms with van der Waals surface area (Å²) >= 11 is 0. The molecular weight excluding hydrogens is 483 g/mol. The number of aliphatic carboxylic acids is 1. The smallest absolute Gasteiger partial charge is 0.275 e. The van der Waals surface area contributed by atoms with Crippen molar-refractivity contribution < 1.29 is 64.6 Å². The number of carboxylic acids is 1. The van der Waals surface area contributed by atoms with Crippen molar-refractivity contribution >= 4 is 17.5 Å². The molecule has 0 saturated carbocycles. The summed E-state index contributed by atoms with van der Waals surface area (Å²) in [6.07, 6.45) is 2.12. The van der Waals surface area contributed by atoms with Crippen molar-refractivity contribution in [2.45, 2.75) is 101 Å². The van der Waals surface area contributed by atoms with Crippen molar-refractivity contribution in [1.82, 2.24) is 0 Å². The van der Waals surface area contributed by atoms with Crippen LogP contribution in [0.15, 0.2) is 0 Å². The van der Waals surface area contributed by atoms with Gasteiger partial charge in [-0.15, -0.1) is 0 Å². The summed E-state index contributed by atoms with van der Waals surface area (Å²) < 4.78 is 5.39. The number of hydrogen-bond acceptors (Lipinski definition) is 4. The molecule has 164 valence electrons. The fourth-order valence-electron chi connectivity index (χ4n) is 1.79. The molecule has 0 fully saturated rings. The zero-order valence-corrected chi connectivity index (χ0v) is 21.9. The summed E-state index contributed by atoms with van der Waals surface area (Å²) in [6.45, 7) is 19.3. The number of carboxylic acid groups (broad SMARTS) is 1. The van der Waals surface area contributed by atoms with E-state index in [2.05, 4.69) is 0 Å². The first-order valence-corrected chi connectivity index (χ1v) is 9.80. The van der Waals surface area contributed by atoms with Crippen molar-refractivity contribution in [3.05, 3.63) is 6.10 Å². The fourth-order valence-corrected chi connectivity index (χ4v) is 1.79. The second-order valence-corrected chi connectivity index (χ2v) is 6.00. The van der Waals surface area contributed by atoms with E-state index < -0.39 is 5.97 Å². The third kappa shape index (κ3) is 34.1. The summed E-state index contributed by atoms with van der Waals surface area (Å²) in [5.41, 5.74) is -0.340. The second kappa shape index (κ2) is 26.1. The second-order valence-electron chi connectivity index (χ2n) is 6.00. The number of ketones is 2. The molecule has 0 spiro atoms. The Bertz CT molecular complexity index is 354. The first-order chi connectivity index (χ1) is 12.1. The van der Waals surface area contributed by atoms with Crippen LogP contribution < -0.4 is 0 Å². The van der Waals surface area contributed by atoms with Gasteiger partial charge in [-0.3, -0.25) is 9.59 Å². The predicted octanol–water partition coefficient (Wildman–Crippen LogP) is 5.85. The van der Waals surface area contributed by atoms with E-state index >= 15 is 0 Å². The monoisotopic (exact) mass is 527 g/mol. The predicted molar refractivity (Wildman–Crippen MR) is 109 cm³/mol. The van der Waals surface area contributed by atoms with Crippen molar-refractivity contribution in [2.75, 3.05) is 6.61 Å². The molecule has 0 aromatic carbocycles. The van der Waals surface area contributed by atoms with Gasteiger partial charge in [0.1, 0.15) is 11.6 Å². The molecule has 0 aromatic rings. The van der Waals surface area contributed by atoms with Crippen molar-refractivity contribution in [1.29, 1.82) is 0 Å². The molecule has 0 amide bonds. The number of carbonyl (C=O) groups is 3. The molecule has 0 aliphatic rings. The molecule has 0 radical (unpaired) electrons. The molecule has 0 saturated heterocycles. The van der Waals surface area contributed by atoms with Crippen molar-refractivity contribution in [2.24, 2.45) is 5.41 Å². The number of hydrogen-bond donors (Lipinski definition) is 1. The van der Waals surface area contributed by atoms with Gasteiger partial charge in [0.05, 0.1) is 0 Å². The number of Topliss-reactive ketones (excluding diaryl/α,β-unsaturated/α-hetero) is 2. The Morgan fingerprint density at radius 2 is 1.41 bits per heavy atom. The topological polar surface area (TPSA) is 80.7 Å². The van der Waals surface area contributed by atoms with Crippen LogP contribution >= 0.6 is 0 Å². The summed E-state index contributed by atoms with van der Waals surface area (Å²) in [7, 11) is 0. The van der Waals surface area contributed by atoms with Gasteiger partial charge < -0.3 is 14.6 Å². The van der Waals surface area contributed by atoms with Gasteiger partial charge in [-0.1, -0.05) is 61.8 Å². The molecule has 0 unspecified atom stereocenters. The average Bonchev–Trinajstić information content (AvgIpc) is 2.57. The van der Waals surface area contributed by atoms with E-state index in [-0.39, 0.29) is 63.8 Å². The van der Waals surface area contributed by atoms with Gasteiger partial charge in [-0.2, -0.15) is 13.0 Å². The SMILES string of the molecule is CC.CC.CC.CC(=O)CCCC(=O)CC(C)(C)CO[C-](C)CC(=O)O.[Sm]. The first kappa shape index (κ1) is 37.8. The van der Waals surface area contributed by atoms with Gasteiger partial charge in [0.25, 0.3) is 5.97 Å². The van der Waals surface area contributed by atoms with Crippen LogP contribution in [0, 0.1) is 51.9 Å². The molecule has 0 rings (SSSR count). The Hall–Kier alpha value is 0.108. The van der Waals surface area contributed by atoms with Gasteiger partial charge in [0, 0.05) is 66.3 Å². The van der Waals surface area contributed by atoms with E-state index in [4.69, 9.17) is 9.84 Å². The Balaban J connectivity index is -0.000000208. The van der Waals surface area contributed by atoms with E-state index in [1.165, 1.54) is 6.92 Å². The third-order valence-electron chi connectivity index (χ3n) is 2.77. The summed E-state index contributed by atoms with van der Waals surface area (Å²) in [4.78, 5) is 33.1. The quantitative estimate of drug-likeness (QED) is 0.342. The molecule has 6 heteroatoms.